The first kappa shape index (κ1) is 24.5. The van der Waals surface area contributed by atoms with Crippen molar-refractivity contribution in [3.8, 4) is 22.6 Å². The van der Waals surface area contributed by atoms with Crippen molar-refractivity contribution in [1.82, 2.24) is 5.16 Å². The Bertz CT molecular complexity index is 1220. The predicted octanol–water partition coefficient (Wildman–Crippen LogP) is 6.52. The van der Waals surface area contributed by atoms with Crippen LogP contribution in [0.5, 0.6) is 11.5 Å². The Balaban J connectivity index is 1.56. The molecule has 1 heterocycles. The van der Waals surface area contributed by atoms with E-state index in [2.05, 4.69) is 11.7 Å². The zero-order valence-corrected chi connectivity index (χ0v) is 19.6. The Kier molecular flexibility index (Phi) is 8.35. The Morgan fingerprint density at radius 3 is 2.35 bits per heavy atom. The van der Waals surface area contributed by atoms with Crippen LogP contribution in [0.4, 0.5) is 0 Å². The highest BCUT2D eigenvalue weighted by Crippen LogP contribution is 2.29. The summed E-state index contributed by atoms with van der Waals surface area (Å²) >= 11 is 0. The molecular formula is C28H28N2O4. The van der Waals surface area contributed by atoms with E-state index >= 15 is 0 Å². The van der Waals surface area contributed by atoms with Gasteiger partial charge in [0.1, 0.15) is 30.5 Å². The Morgan fingerprint density at radius 1 is 1.09 bits per heavy atom. The summed E-state index contributed by atoms with van der Waals surface area (Å²) in [6, 6.07) is 15.0. The van der Waals surface area contributed by atoms with E-state index in [0.29, 0.717) is 40.8 Å². The van der Waals surface area contributed by atoms with E-state index in [1.807, 2.05) is 73.7 Å². The molecule has 6 heteroatoms. The van der Waals surface area contributed by atoms with Crippen LogP contribution >= 0.6 is 0 Å². The van der Waals surface area contributed by atoms with E-state index in [-0.39, 0.29) is 12.4 Å². The molecule has 0 spiro atoms. The van der Waals surface area contributed by atoms with E-state index in [0.717, 1.165) is 16.7 Å². The summed E-state index contributed by atoms with van der Waals surface area (Å²) in [5, 5.41) is 12.0. The topological polar surface area (TPSA) is 85.4 Å². The van der Waals surface area contributed by atoms with Crippen molar-refractivity contribution in [2.75, 3.05) is 6.61 Å². The molecule has 34 heavy (non-hydrogen) atoms. The highest BCUT2D eigenvalue weighted by molar-refractivity contribution is 6.01. The molecule has 1 aromatic heterocycles. The van der Waals surface area contributed by atoms with Crippen LogP contribution in [-0.4, -0.2) is 23.3 Å². The summed E-state index contributed by atoms with van der Waals surface area (Å²) in [5.74, 6) is 1.85. The molecular weight excluding hydrogens is 428 g/mol. The zero-order chi connectivity index (χ0) is 24.5. The summed E-state index contributed by atoms with van der Waals surface area (Å²) < 4.78 is 16.8. The average Bonchev–Trinajstić information content (AvgIpc) is 3.24. The van der Waals surface area contributed by atoms with E-state index in [1.165, 1.54) is 6.92 Å². The third-order valence-corrected chi connectivity index (χ3v) is 5.09. The summed E-state index contributed by atoms with van der Waals surface area (Å²) in [4.78, 5) is 11.8. The fourth-order valence-corrected chi connectivity index (χ4v) is 3.25. The largest absolute Gasteiger partial charge is 0.489 e. The van der Waals surface area contributed by atoms with Crippen LogP contribution < -0.4 is 9.47 Å². The van der Waals surface area contributed by atoms with Gasteiger partial charge in [0.2, 0.25) is 0 Å². The standard InChI is InChI=1S/C28H28N2O4/c1-5-7-8-22(6-2)26(29)18-33-24-13-9-21(10-14-24)17-32-25-15-11-23(12-16-25)27-20(4)34-30-28(27)19(3)31/h5-16,29H,2,17-18H2,1,3-4H3/b7-5-,22-8+,29-26?. The number of ketones is 1. The molecule has 0 fully saturated rings. The fourth-order valence-electron chi connectivity index (χ4n) is 3.25. The average molecular weight is 457 g/mol. The minimum atomic E-state index is -0.136. The van der Waals surface area contributed by atoms with Gasteiger partial charge in [0.25, 0.3) is 0 Å². The van der Waals surface area contributed by atoms with Crippen LogP contribution in [0.2, 0.25) is 0 Å². The molecule has 3 rings (SSSR count). The third kappa shape index (κ3) is 6.19. The first-order valence-corrected chi connectivity index (χ1v) is 10.9. The lowest BCUT2D eigenvalue weighted by Crippen LogP contribution is -2.11. The lowest BCUT2D eigenvalue weighted by Gasteiger charge is -2.10. The number of ether oxygens (including phenoxy) is 2. The maximum Gasteiger partial charge on any atom is 0.182 e. The van der Waals surface area contributed by atoms with E-state index in [1.54, 1.807) is 13.0 Å². The minimum absolute atomic E-state index is 0.136. The highest BCUT2D eigenvalue weighted by Gasteiger charge is 2.18. The number of carbonyl (C=O) groups excluding carboxylic acids is 1. The van der Waals surface area contributed by atoms with Crippen molar-refractivity contribution in [2.24, 2.45) is 0 Å². The quantitative estimate of drug-likeness (QED) is 0.202. The number of nitrogens with one attached hydrogen (secondary N) is 1. The molecule has 1 N–H and O–H groups in total. The number of aromatic nitrogens is 1. The summed E-state index contributed by atoms with van der Waals surface area (Å²) in [7, 11) is 0. The summed E-state index contributed by atoms with van der Waals surface area (Å²) in [5.41, 5.74) is 3.97. The van der Waals surface area contributed by atoms with E-state index in [4.69, 9.17) is 19.4 Å². The van der Waals surface area contributed by atoms with Crippen molar-refractivity contribution >= 4 is 11.5 Å². The molecule has 6 nitrogen and oxygen atoms in total. The van der Waals surface area contributed by atoms with Gasteiger partial charge in [-0.3, -0.25) is 4.79 Å². The van der Waals surface area contributed by atoms with Gasteiger partial charge >= 0.3 is 0 Å². The predicted molar refractivity (Wildman–Crippen MR) is 134 cm³/mol. The smallest absolute Gasteiger partial charge is 0.182 e. The number of rotatable bonds is 11. The molecule has 0 unspecified atom stereocenters. The Hall–Kier alpha value is -4.19. The minimum Gasteiger partial charge on any atom is -0.489 e. The molecule has 0 aliphatic heterocycles. The molecule has 0 amide bonds. The number of allylic oxidation sites excluding steroid dienone is 4. The van der Waals surface area contributed by atoms with Crippen LogP contribution in [-0.2, 0) is 6.61 Å². The molecule has 0 bridgehead atoms. The Morgan fingerprint density at radius 2 is 1.74 bits per heavy atom. The number of aryl methyl sites for hydroxylation is 1. The van der Waals surface area contributed by atoms with Gasteiger partial charge in [-0.1, -0.05) is 60.3 Å². The van der Waals surface area contributed by atoms with Crippen LogP contribution in [0.1, 0.15) is 35.7 Å². The van der Waals surface area contributed by atoms with Gasteiger partial charge in [0.15, 0.2) is 11.5 Å². The second-order valence-corrected chi connectivity index (χ2v) is 7.59. The molecule has 0 saturated carbocycles. The van der Waals surface area contributed by atoms with Crippen molar-refractivity contribution in [2.45, 2.75) is 27.4 Å². The number of Topliss-reactive ketones (excluding diaryl/α,β-unsaturated/α-hetero) is 1. The monoisotopic (exact) mass is 456 g/mol. The van der Waals surface area contributed by atoms with Gasteiger partial charge in [-0.15, -0.1) is 0 Å². The second-order valence-electron chi connectivity index (χ2n) is 7.59. The normalized spacial score (nSPS) is 11.4. The van der Waals surface area contributed by atoms with Crippen LogP contribution in [0.3, 0.4) is 0 Å². The SMILES string of the molecule is C=C/C(=C\C=C/C)C(=N)COc1ccc(COc2ccc(-c3c(C(C)=O)noc3C)cc2)cc1. The summed E-state index contributed by atoms with van der Waals surface area (Å²) in [6.07, 6.45) is 7.25. The van der Waals surface area contributed by atoms with Crippen LogP contribution in [0.25, 0.3) is 11.1 Å². The maximum atomic E-state index is 11.8. The number of hydrogen-bond acceptors (Lipinski definition) is 6. The number of hydrogen-bond donors (Lipinski definition) is 1. The zero-order valence-electron chi connectivity index (χ0n) is 19.6. The molecule has 0 aliphatic carbocycles. The fraction of sp³-hybridized carbons (Fsp3) is 0.179. The number of carbonyl (C=O) groups is 1. The molecule has 2 aromatic carbocycles. The van der Waals surface area contributed by atoms with Crippen molar-refractivity contribution in [1.29, 1.82) is 5.41 Å². The van der Waals surface area contributed by atoms with E-state index in [9.17, 15) is 4.79 Å². The second kappa shape index (κ2) is 11.6. The first-order valence-electron chi connectivity index (χ1n) is 10.9. The van der Waals surface area contributed by atoms with Gasteiger partial charge in [-0.25, -0.2) is 0 Å². The third-order valence-electron chi connectivity index (χ3n) is 5.09. The first-order chi connectivity index (χ1) is 16.4. The van der Waals surface area contributed by atoms with Gasteiger partial charge in [-0.05, 0) is 54.8 Å². The van der Waals surface area contributed by atoms with Gasteiger partial charge in [0.05, 0.1) is 11.3 Å². The van der Waals surface area contributed by atoms with Gasteiger partial charge in [-0.2, -0.15) is 0 Å². The maximum absolute atomic E-state index is 11.8. The number of benzene rings is 2. The lowest BCUT2D eigenvalue weighted by atomic mass is 10.0. The molecule has 0 atom stereocenters. The van der Waals surface area contributed by atoms with Gasteiger partial charge < -0.3 is 19.4 Å². The number of nitrogens with zero attached hydrogens (tertiary/aromatic N) is 1. The molecule has 0 aliphatic rings. The highest BCUT2D eigenvalue weighted by atomic mass is 16.5. The molecule has 0 saturated heterocycles. The van der Waals surface area contributed by atoms with Crippen molar-refractivity contribution < 1.29 is 18.8 Å². The molecule has 174 valence electrons. The van der Waals surface area contributed by atoms with Crippen molar-refractivity contribution in [3.63, 3.8) is 0 Å². The summed E-state index contributed by atoms with van der Waals surface area (Å²) in [6.45, 7) is 9.48. The molecule has 0 radical (unpaired) electrons. The Labute approximate surface area is 199 Å². The van der Waals surface area contributed by atoms with Crippen LogP contribution in [0.15, 0.2) is 89.5 Å². The van der Waals surface area contributed by atoms with Gasteiger partial charge in [0, 0.05) is 6.92 Å². The van der Waals surface area contributed by atoms with Crippen molar-refractivity contribution in [3.05, 3.63) is 102 Å². The lowest BCUT2D eigenvalue weighted by molar-refractivity contribution is 0.100. The van der Waals surface area contributed by atoms with E-state index < -0.39 is 0 Å². The van der Waals surface area contributed by atoms with Crippen LogP contribution in [0, 0.1) is 12.3 Å². The molecule has 3 aromatic rings.